The van der Waals surface area contributed by atoms with E-state index in [4.69, 9.17) is 10.5 Å². The molecule has 2 N–H and O–H groups in total. The van der Waals surface area contributed by atoms with E-state index in [2.05, 4.69) is 40.6 Å². The molecule has 2 heterocycles. The zero-order chi connectivity index (χ0) is 17.0. The normalized spacial score (nSPS) is 10.3. The van der Waals surface area contributed by atoms with Gasteiger partial charge in [0.05, 0.1) is 23.3 Å². The molecule has 2 aromatic rings. The van der Waals surface area contributed by atoms with Crippen molar-refractivity contribution in [3.8, 4) is 17.7 Å². The van der Waals surface area contributed by atoms with Gasteiger partial charge in [0, 0.05) is 11.1 Å². The van der Waals surface area contributed by atoms with Crippen LogP contribution in [0.4, 0.5) is 5.82 Å². The van der Waals surface area contributed by atoms with E-state index in [1.807, 2.05) is 13.0 Å². The van der Waals surface area contributed by atoms with Crippen LogP contribution in [0.5, 0.6) is 5.88 Å². The molecule has 0 saturated carbocycles. The summed E-state index contributed by atoms with van der Waals surface area (Å²) in [5.41, 5.74) is 7.70. The second kappa shape index (κ2) is 7.34. The average Bonchev–Trinajstić information content (AvgIpc) is 2.50. The highest BCUT2D eigenvalue weighted by molar-refractivity contribution is 7.99. The van der Waals surface area contributed by atoms with Gasteiger partial charge in [-0.1, -0.05) is 31.5 Å². The van der Waals surface area contributed by atoms with E-state index < -0.39 is 0 Å². The van der Waals surface area contributed by atoms with Crippen LogP contribution in [0.15, 0.2) is 22.1 Å². The number of aryl methyl sites for hydroxylation is 1. The predicted molar refractivity (Wildman–Crippen MR) is 92.7 cm³/mol. The molecule has 6 heteroatoms. The minimum absolute atomic E-state index is 0.239. The molecule has 5 nitrogen and oxygen atoms in total. The fourth-order valence-electron chi connectivity index (χ4n) is 2.04. The smallest absolute Gasteiger partial charge is 0.229 e. The summed E-state index contributed by atoms with van der Waals surface area (Å²) in [5, 5.41) is 0. The Bertz CT molecular complexity index is 778. The number of nitrogen functional groups attached to an aromatic ring is 1. The zero-order valence-electron chi connectivity index (χ0n) is 14.0. The van der Waals surface area contributed by atoms with Crippen LogP contribution >= 0.6 is 11.8 Å². The molecule has 120 valence electrons. The molecule has 23 heavy (non-hydrogen) atoms. The Morgan fingerprint density at radius 3 is 2.57 bits per heavy atom. The first kappa shape index (κ1) is 17.1. The zero-order valence-corrected chi connectivity index (χ0v) is 14.8. The standard InChI is InChI=1S/C17H20N4OS/c1-6-7-12-8-13(15(10(2)3)21-17(12)22-5)23-14-9-19-11(4)20-16(14)18/h8-10H,1-5H3,(H2,18,19,20). The van der Waals surface area contributed by atoms with Gasteiger partial charge in [-0.25, -0.2) is 15.0 Å². The Balaban J connectivity index is 2.54. The van der Waals surface area contributed by atoms with E-state index in [0.29, 0.717) is 17.5 Å². The van der Waals surface area contributed by atoms with E-state index in [-0.39, 0.29) is 5.92 Å². The minimum atomic E-state index is 0.239. The number of methoxy groups -OCH3 is 1. The molecule has 0 fully saturated rings. The highest BCUT2D eigenvalue weighted by Crippen LogP contribution is 2.37. The van der Waals surface area contributed by atoms with E-state index in [9.17, 15) is 0 Å². The molecule has 0 saturated heterocycles. The van der Waals surface area contributed by atoms with Gasteiger partial charge in [-0.15, -0.1) is 5.92 Å². The molecule has 0 aromatic carbocycles. The Hall–Kier alpha value is -2.26. The second-order valence-electron chi connectivity index (χ2n) is 5.23. The number of hydrogen-bond donors (Lipinski definition) is 1. The van der Waals surface area contributed by atoms with Gasteiger partial charge in [-0.2, -0.15) is 0 Å². The first-order valence-corrected chi connectivity index (χ1v) is 8.06. The summed E-state index contributed by atoms with van der Waals surface area (Å²) in [6, 6.07) is 1.99. The van der Waals surface area contributed by atoms with Crippen molar-refractivity contribution >= 4 is 17.6 Å². The van der Waals surface area contributed by atoms with Crippen molar-refractivity contribution in [3.63, 3.8) is 0 Å². The van der Waals surface area contributed by atoms with Gasteiger partial charge >= 0.3 is 0 Å². The van der Waals surface area contributed by atoms with Crippen molar-refractivity contribution in [2.45, 2.75) is 43.4 Å². The van der Waals surface area contributed by atoms with Crippen molar-refractivity contribution in [1.82, 2.24) is 15.0 Å². The van der Waals surface area contributed by atoms with Gasteiger partial charge in [0.25, 0.3) is 0 Å². The lowest BCUT2D eigenvalue weighted by atomic mass is 10.1. The van der Waals surface area contributed by atoms with Gasteiger partial charge in [0.15, 0.2) is 0 Å². The third kappa shape index (κ3) is 3.93. The molecular weight excluding hydrogens is 308 g/mol. The molecule has 0 amide bonds. The minimum Gasteiger partial charge on any atom is -0.480 e. The summed E-state index contributed by atoms with van der Waals surface area (Å²) in [4.78, 5) is 14.8. The monoisotopic (exact) mass is 328 g/mol. The third-order valence-corrected chi connectivity index (χ3v) is 4.18. The summed E-state index contributed by atoms with van der Waals surface area (Å²) in [7, 11) is 1.60. The third-order valence-electron chi connectivity index (χ3n) is 3.10. The summed E-state index contributed by atoms with van der Waals surface area (Å²) >= 11 is 1.50. The van der Waals surface area contributed by atoms with Gasteiger partial charge in [0.1, 0.15) is 11.6 Å². The highest BCUT2D eigenvalue weighted by atomic mass is 32.2. The maximum absolute atomic E-state index is 6.00. The van der Waals surface area contributed by atoms with Crippen molar-refractivity contribution in [1.29, 1.82) is 0 Å². The lowest BCUT2D eigenvalue weighted by Crippen LogP contribution is -2.02. The molecule has 0 spiro atoms. The molecule has 0 bridgehead atoms. The Morgan fingerprint density at radius 1 is 1.26 bits per heavy atom. The summed E-state index contributed by atoms with van der Waals surface area (Å²) in [6.07, 6.45) is 1.74. The maximum atomic E-state index is 6.00. The lowest BCUT2D eigenvalue weighted by molar-refractivity contribution is 0.393. The van der Waals surface area contributed by atoms with Gasteiger partial charge in [-0.05, 0) is 25.8 Å². The quantitative estimate of drug-likeness (QED) is 0.867. The molecule has 0 unspecified atom stereocenters. The van der Waals surface area contributed by atoms with E-state index in [1.54, 1.807) is 20.2 Å². The highest BCUT2D eigenvalue weighted by Gasteiger charge is 2.16. The first-order valence-electron chi connectivity index (χ1n) is 7.24. The van der Waals surface area contributed by atoms with Gasteiger partial charge in [0.2, 0.25) is 5.88 Å². The van der Waals surface area contributed by atoms with Crippen molar-refractivity contribution in [2.24, 2.45) is 0 Å². The number of nitrogens with zero attached hydrogens (tertiary/aromatic N) is 3. The van der Waals surface area contributed by atoms with Crippen LogP contribution in [0.2, 0.25) is 0 Å². The number of aromatic nitrogens is 3. The molecule has 0 aliphatic heterocycles. The van der Waals surface area contributed by atoms with Crippen molar-refractivity contribution in [2.75, 3.05) is 12.8 Å². The Kier molecular flexibility index (Phi) is 5.45. The van der Waals surface area contributed by atoms with E-state index >= 15 is 0 Å². The molecule has 2 aromatic heterocycles. The van der Waals surface area contributed by atoms with Crippen LogP contribution in [-0.2, 0) is 0 Å². The predicted octanol–water partition coefficient (Wildman–Crippen LogP) is 3.42. The SMILES string of the molecule is CC#Cc1cc(Sc2cnc(C)nc2N)c(C(C)C)nc1OC. The van der Waals surface area contributed by atoms with Crippen LogP contribution in [0, 0.1) is 18.8 Å². The van der Waals surface area contributed by atoms with E-state index in [1.165, 1.54) is 11.8 Å². The van der Waals surface area contributed by atoms with E-state index in [0.717, 1.165) is 21.0 Å². The number of ether oxygens (including phenoxy) is 1. The topological polar surface area (TPSA) is 73.9 Å². The van der Waals surface area contributed by atoms with Crippen LogP contribution in [0.1, 0.15) is 43.8 Å². The summed E-state index contributed by atoms with van der Waals surface area (Å²) in [6.45, 7) is 7.78. The molecule has 0 atom stereocenters. The molecule has 2 rings (SSSR count). The molecule has 0 aliphatic rings. The average molecular weight is 328 g/mol. The largest absolute Gasteiger partial charge is 0.480 e. The van der Waals surface area contributed by atoms with Gasteiger partial charge < -0.3 is 10.5 Å². The Labute approximate surface area is 141 Å². The van der Waals surface area contributed by atoms with Crippen molar-refractivity contribution in [3.05, 3.63) is 29.3 Å². The summed E-state index contributed by atoms with van der Waals surface area (Å²) < 4.78 is 5.36. The van der Waals surface area contributed by atoms with Crippen LogP contribution in [0.3, 0.4) is 0 Å². The van der Waals surface area contributed by atoms with Crippen LogP contribution < -0.4 is 10.5 Å². The number of pyridine rings is 1. The number of rotatable bonds is 4. The lowest BCUT2D eigenvalue weighted by Gasteiger charge is -2.15. The first-order chi connectivity index (χ1) is 11.0. The van der Waals surface area contributed by atoms with Crippen LogP contribution in [0.25, 0.3) is 0 Å². The molecular formula is C17H20N4OS. The second-order valence-corrected chi connectivity index (χ2v) is 6.31. The number of anilines is 1. The van der Waals surface area contributed by atoms with Gasteiger partial charge in [-0.3, -0.25) is 0 Å². The number of hydrogen-bond acceptors (Lipinski definition) is 6. The number of nitrogens with two attached hydrogens (primary N) is 1. The molecule has 0 radical (unpaired) electrons. The fourth-order valence-corrected chi connectivity index (χ4v) is 3.10. The van der Waals surface area contributed by atoms with Crippen molar-refractivity contribution < 1.29 is 4.74 Å². The van der Waals surface area contributed by atoms with Crippen LogP contribution in [-0.4, -0.2) is 22.1 Å². The maximum Gasteiger partial charge on any atom is 0.229 e. The fraction of sp³-hybridized carbons (Fsp3) is 0.353. The molecule has 0 aliphatic carbocycles. The summed E-state index contributed by atoms with van der Waals surface area (Å²) in [5.74, 6) is 7.82. The Morgan fingerprint density at radius 2 is 2.00 bits per heavy atom.